The van der Waals surface area contributed by atoms with Gasteiger partial charge in [-0.05, 0) is 80.4 Å². The lowest BCUT2D eigenvalue weighted by molar-refractivity contribution is -0.179. The molecule has 1 N–H and O–H groups in total. The van der Waals surface area contributed by atoms with Crippen LogP contribution in [0.4, 0.5) is 0 Å². The third-order valence-electron chi connectivity index (χ3n) is 9.09. The van der Waals surface area contributed by atoms with Crippen molar-refractivity contribution in [3.8, 4) is 0 Å². The summed E-state index contributed by atoms with van der Waals surface area (Å²) in [6, 6.07) is 3.29. The topological polar surface area (TPSA) is 84.6 Å². The molecule has 0 amide bonds. The summed E-state index contributed by atoms with van der Waals surface area (Å²) >= 11 is 0. The molecule has 4 aliphatic carbocycles. The normalized spacial score (nSPS) is 43.7. The maximum atomic E-state index is 12.4. The first-order valence-corrected chi connectivity index (χ1v) is 10.9. The van der Waals surface area contributed by atoms with E-state index in [9.17, 15) is 19.5 Å². The van der Waals surface area contributed by atoms with E-state index in [0.29, 0.717) is 19.3 Å². The van der Waals surface area contributed by atoms with E-state index in [2.05, 4.69) is 6.92 Å². The zero-order valence-electron chi connectivity index (χ0n) is 16.9. The van der Waals surface area contributed by atoms with Crippen LogP contribution in [-0.4, -0.2) is 22.8 Å². The average molecular weight is 396 g/mol. The fourth-order valence-corrected chi connectivity index (χ4v) is 7.57. The van der Waals surface area contributed by atoms with Crippen LogP contribution in [0.2, 0.25) is 0 Å². The molecule has 0 aliphatic heterocycles. The number of ketones is 1. The van der Waals surface area contributed by atoms with Crippen molar-refractivity contribution in [2.45, 2.75) is 69.8 Å². The summed E-state index contributed by atoms with van der Waals surface area (Å²) in [4.78, 5) is 35.8. The van der Waals surface area contributed by atoms with Gasteiger partial charge in [-0.1, -0.05) is 12.5 Å². The summed E-state index contributed by atoms with van der Waals surface area (Å²) in [5, 5.41) is 12.1. The molecule has 0 aromatic carbocycles. The summed E-state index contributed by atoms with van der Waals surface area (Å²) in [6.45, 7) is 2.18. The van der Waals surface area contributed by atoms with Crippen molar-refractivity contribution in [2.24, 2.45) is 22.7 Å². The zero-order chi connectivity index (χ0) is 20.4. The number of hydrogen-bond acceptors (Lipinski definition) is 5. The molecule has 29 heavy (non-hydrogen) atoms. The summed E-state index contributed by atoms with van der Waals surface area (Å²) in [7, 11) is 0. The van der Waals surface area contributed by atoms with Gasteiger partial charge in [0.2, 0.25) is 0 Å². The van der Waals surface area contributed by atoms with Crippen LogP contribution in [0.3, 0.4) is 0 Å². The lowest BCUT2D eigenvalue weighted by Gasteiger charge is -2.60. The second-order valence-electron chi connectivity index (χ2n) is 9.91. The van der Waals surface area contributed by atoms with E-state index in [-0.39, 0.29) is 34.6 Å². The Labute approximate surface area is 170 Å². The highest BCUT2D eigenvalue weighted by Crippen LogP contribution is 2.69. The van der Waals surface area contributed by atoms with Gasteiger partial charge < -0.3 is 14.3 Å². The summed E-state index contributed by atoms with van der Waals surface area (Å²) in [5.74, 6) is 0.410. The molecule has 5 rings (SSSR count). The van der Waals surface area contributed by atoms with Crippen molar-refractivity contribution in [2.75, 3.05) is 0 Å². The molecule has 5 heteroatoms. The van der Waals surface area contributed by atoms with Crippen molar-refractivity contribution < 1.29 is 19.1 Å². The number of aliphatic hydroxyl groups is 1. The van der Waals surface area contributed by atoms with Crippen molar-refractivity contribution in [1.29, 1.82) is 0 Å². The predicted octanol–water partition coefficient (Wildman–Crippen LogP) is 3.55. The Morgan fingerprint density at radius 2 is 1.90 bits per heavy atom. The number of rotatable bonds is 2. The molecule has 0 saturated heterocycles. The van der Waals surface area contributed by atoms with Crippen LogP contribution in [0.25, 0.3) is 0 Å². The van der Waals surface area contributed by atoms with Crippen LogP contribution in [0.15, 0.2) is 39.3 Å². The van der Waals surface area contributed by atoms with Crippen molar-refractivity contribution in [1.82, 2.24) is 0 Å². The minimum Gasteiger partial charge on any atom is -0.431 e. The summed E-state index contributed by atoms with van der Waals surface area (Å²) < 4.78 is 5.13. The highest BCUT2D eigenvalue weighted by molar-refractivity contribution is 5.93. The minimum absolute atomic E-state index is 0.0533. The number of carbonyl (C=O) groups is 2. The fraction of sp³-hybridized carbons (Fsp3) is 0.625. The predicted molar refractivity (Wildman–Crippen MR) is 106 cm³/mol. The molecule has 1 heterocycles. The largest absolute Gasteiger partial charge is 0.431 e. The molecule has 0 spiro atoms. The maximum absolute atomic E-state index is 12.4. The maximum Gasteiger partial charge on any atom is 0.335 e. The standard InChI is InChI=1S/C24H28O5/c1-22-9-7-19-20(4-3-16-12-17(26)6-10-23(16,19)14-25)24(22,28)11-8-18(22)15-2-5-21(27)29-13-15/h2,5,12-14,18-20,28H,3-4,6-11H2,1H3. The molecule has 154 valence electrons. The minimum atomic E-state index is -0.848. The van der Waals surface area contributed by atoms with Gasteiger partial charge in [0, 0.05) is 17.9 Å². The van der Waals surface area contributed by atoms with Crippen LogP contribution in [-0.2, 0) is 9.59 Å². The molecule has 1 aromatic heterocycles. The second-order valence-corrected chi connectivity index (χ2v) is 9.91. The Bertz CT molecular complexity index is 940. The molecule has 6 unspecified atom stereocenters. The lowest BCUT2D eigenvalue weighted by Crippen LogP contribution is -2.61. The van der Waals surface area contributed by atoms with Gasteiger partial charge in [-0.25, -0.2) is 4.79 Å². The van der Waals surface area contributed by atoms with E-state index in [0.717, 1.165) is 49.5 Å². The van der Waals surface area contributed by atoms with E-state index >= 15 is 0 Å². The van der Waals surface area contributed by atoms with E-state index in [1.165, 1.54) is 6.07 Å². The second kappa shape index (κ2) is 6.24. The van der Waals surface area contributed by atoms with Crippen molar-refractivity contribution >= 4 is 12.1 Å². The molecule has 4 aliphatic rings. The van der Waals surface area contributed by atoms with Crippen LogP contribution in [0.5, 0.6) is 0 Å². The first kappa shape index (κ1) is 19.0. The van der Waals surface area contributed by atoms with E-state index in [1.54, 1.807) is 12.3 Å². The van der Waals surface area contributed by atoms with Gasteiger partial charge in [0.05, 0.1) is 17.3 Å². The van der Waals surface area contributed by atoms with Crippen LogP contribution < -0.4 is 5.63 Å². The van der Waals surface area contributed by atoms with Gasteiger partial charge in [0.15, 0.2) is 5.78 Å². The number of allylic oxidation sites excluding steroid dienone is 1. The third kappa shape index (κ3) is 2.40. The molecule has 0 radical (unpaired) electrons. The number of fused-ring (bicyclic) bond motifs is 5. The first-order valence-electron chi connectivity index (χ1n) is 10.9. The molecule has 3 fully saturated rings. The molecule has 5 nitrogen and oxygen atoms in total. The van der Waals surface area contributed by atoms with Crippen molar-refractivity contribution in [3.05, 3.63) is 46.0 Å². The van der Waals surface area contributed by atoms with Gasteiger partial charge >= 0.3 is 5.63 Å². The van der Waals surface area contributed by atoms with Crippen LogP contribution in [0.1, 0.15) is 69.8 Å². The molecule has 1 aromatic rings. The van der Waals surface area contributed by atoms with Gasteiger partial charge in [0.25, 0.3) is 0 Å². The summed E-state index contributed by atoms with van der Waals surface area (Å²) in [6.07, 6.45) is 10.2. The van der Waals surface area contributed by atoms with Crippen LogP contribution >= 0.6 is 0 Å². The quantitative estimate of drug-likeness (QED) is 0.773. The monoisotopic (exact) mass is 396 g/mol. The van der Waals surface area contributed by atoms with Gasteiger partial charge in [-0.15, -0.1) is 0 Å². The lowest BCUT2D eigenvalue weighted by atomic mass is 9.45. The van der Waals surface area contributed by atoms with E-state index in [1.807, 2.05) is 6.07 Å². The number of carbonyl (C=O) groups excluding carboxylic acids is 2. The van der Waals surface area contributed by atoms with E-state index < -0.39 is 11.0 Å². The zero-order valence-corrected chi connectivity index (χ0v) is 16.9. The Balaban J connectivity index is 1.54. The van der Waals surface area contributed by atoms with Gasteiger partial charge in [0.1, 0.15) is 6.29 Å². The molecule has 3 saturated carbocycles. The fourth-order valence-electron chi connectivity index (χ4n) is 7.57. The average Bonchev–Trinajstić information content (AvgIpc) is 3.00. The van der Waals surface area contributed by atoms with Crippen LogP contribution in [0, 0.1) is 22.7 Å². The molecular formula is C24H28O5. The van der Waals surface area contributed by atoms with Gasteiger partial charge in [-0.2, -0.15) is 0 Å². The Hall–Kier alpha value is -2.01. The SMILES string of the molecule is CC12CCC3C(CCC4=CC(=O)CCC43C=O)C1(O)CCC2c1ccc(=O)oc1. The highest BCUT2D eigenvalue weighted by Gasteiger charge is 2.67. The smallest absolute Gasteiger partial charge is 0.335 e. The highest BCUT2D eigenvalue weighted by atomic mass is 16.4. The summed E-state index contributed by atoms with van der Waals surface area (Å²) in [5.41, 5.74) is -0.125. The molecule has 6 atom stereocenters. The third-order valence-corrected chi connectivity index (χ3v) is 9.09. The Morgan fingerprint density at radius 1 is 1.07 bits per heavy atom. The van der Waals surface area contributed by atoms with E-state index in [4.69, 9.17) is 4.42 Å². The number of aldehydes is 1. The number of hydrogen-bond donors (Lipinski definition) is 1. The molecule has 0 bridgehead atoms. The Kier molecular flexibility index (Phi) is 4.09. The molecular weight excluding hydrogens is 368 g/mol. The van der Waals surface area contributed by atoms with Gasteiger partial charge in [-0.3, -0.25) is 4.79 Å². The van der Waals surface area contributed by atoms with Crippen molar-refractivity contribution in [3.63, 3.8) is 0 Å². The first-order chi connectivity index (χ1) is 13.8. The Morgan fingerprint density at radius 3 is 2.62 bits per heavy atom.